The first-order valence-corrected chi connectivity index (χ1v) is 7.60. The van der Waals surface area contributed by atoms with Crippen molar-refractivity contribution in [2.45, 2.75) is 24.1 Å². The molecular weight excluding hydrogens is 294 g/mol. The van der Waals surface area contributed by atoms with E-state index in [0.717, 1.165) is 0 Å². The van der Waals surface area contributed by atoms with Crippen molar-refractivity contribution in [2.75, 3.05) is 19.8 Å². The minimum absolute atomic E-state index is 0.0687. The zero-order valence-electron chi connectivity index (χ0n) is 10.7. The van der Waals surface area contributed by atoms with Gasteiger partial charge in [0.25, 0.3) is 10.0 Å². The predicted molar refractivity (Wildman–Crippen MR) is 68.4 cm³/mol. The van der Waals surface area contributed by atoms with Gasteiger partial charge in [-0.3, -0.25) is 0 Å². The van der Waals surface area contributed by atoms with Crippen molar-refractivity contribution in [2.24, 2.45) is 7.05 Å². The van der Waals surface area contributed by atoms with Crippen LogP contribution in [0, 0.1) is 0 Å². The molecule has 1 saturated heterocycles. The highest BCUT2D eigenvalue weighted by atomic mass is 35.5. The Morgan fingerprint density at radius 3 is 2.84 bits per heavy atom. The van der Waals surface area contributed by atoms with Gasteiger partial charge in [-0.1, -0.05) is 11.6 Å². The summed E-state index contributed by atoms with van der Waals surface area (Å²) in [6, 6.07) is -0.328. The number of ether oxygens (including phenoxy) is 1. The van der Waals surface area contributed by atoms with E-state index in [1.165, 1.54) is 15.2 Å². The van der Waals surface area contributed by atoms with Crippen molar-refractivity contribution in [1.82, 2.24) is 13.9 Å². The van der Waals surface area contributed by atoms with Crippen LogP contribution in [0.3, 0.4) is 0 Å². The van der Waals surface area contributed by atoms with E-state index in [1.54, 1.807) is 14.0 Å². The maximum Gasteiger partial charge on any atom is 0.264 e. The van der Waals surface area contributed by atoms with Crippen molar-refractivity contribution in [3.8, 4) is 0 Å². The molecule has 0 bridgehead atoms. The van der Waals surface area contributed by atoms with E-state index in [0.29, 0.717) is 0 Å². The molecule has 0 amide bonds. The number of aliphatic hydroxyl groups excluding tert-OH is 1. The summed E-state index contributed by atoms with van der Waals surface area (Å²) in [4.78, 5) is 3.85. The SMILES string of the molecule is CC1COC(CO)CN1S(=O)(=O)c1ncn(C)c1Cl. The van der Waals surface area contributed by atoms with Crippen molar-refractivity contribution in [3.63, 3.8) is 0 Å². The minimum Gasteiger partial charge on any atom is -0.394 e. The molecule has 0 spiro atoms. The summed E-state index contributed by atoms with van der Waals surface area (Å²) in [6.45, 7) is 1.83. The number of rotatable bonds is 3. The lowest BCUT2D eigenvalue weighted by Gasteiger charge is -2.35. The first-order valence-electron chi connectivity index (χ1n) is 5.79. The second-order valence-corrected chi connectivity index (χ2v) is 6.68. The van der Waals surface area contributed by atoms with Crippen LogP contribution in [0.2, 0.25) is 5.15 Å². The number of aliphatic hydroxyl groups is 1. The summed E-state index contributed by atoms with van der Waals surface area (Å²) in [5, 5.41) is 9.00. The fourth-order valence-corrected chi connectivity index (χ4v) is 3.96. The molecule has 9 heteroatoms. The van der Waals surface area contributed by atoms with Crippen LogP contribution in [0.25, 0.3) is 0 Å². The van der Waals surface area contributed by atoms with Gasteiger partial charge in [-0.25, -0.2) is 13.4 Å². The second-order valence-electron chi connectivity index (χ2n) is 4.51. The summed E-state index contributed by atoms with van der Waals surface area (Å²) in [5.41, 5.74) is 0. The number of halogens is 1. The van der Waals surface area contributed by atoms with Gasteiger partial charge in [0.15, 0.2) is 0 Å². The molecule has 1 aromatic heterocycles. The highest BCUT2D eigenvalue weighted by molar-refractivity contribution is 7.89. The van der Waals surface area contributed by atoms with Crippen LogP contribution in [0.4, 0.5) is 0 Å². The number of hydrogen-bond donors (Lipinski definition) is 1. The lowest BCUT2D eigenvalue weighted by atomic mass is 10.2. The number of hydrogen-bond acceptors (Lipinski definition) is 5. The minimum atomic E-state index is -3.79. The Kier molecular flexibility index (Phi) is 4.17. The first kappa shape index (κ1) is 14.7. The van der Waals surface area contributed by atoms with Gasteiger partial charge in [0.05, 0.1) is 25.6 Å². The number of aryl methyl sites for hydroxylation is 1. The maximum absolute atomic E-state index is 12.5. The van der Waals surface area contributed by atoms with Crippen LogP contribution < -0.4 is 0 Å². The molecule has 2 unspecified atom stereocenters. The van der Waals surface area contributed by atoms with E-state index in [-0.39, 0.29) is 36.0 Å². The zero-order chi connectivity index (χ0) is 14.2. The molecule has 1 N–H and O–H groups in total. The van der Waals surface area contributed by atoms with E-state index in [1.807, 2.05) is 0 Å². The molecule has 108 valence electrons. The van der Waals surface area contributed by atoms with E-state index in [9.17, 15) is 8.42 Å². The number of morpholine rings is 1. The molecule has 1 fully saturated rings. The van der Waals surface area contributed by atoms with Crippen LogP contribution in [0.15, 0.2) is 11.4 Å². The van der Waals surface area contributed by atoms with Crippen LogP contribution in [0.1, 0.15) is 6.92 Å². The van der Waals surface area contributed by atoms with Crippen LogP contribution in [-0.4, -0.2) is 59.3 Å². The average molecular weight is 310 g/mol. The standard InChI is InChI=1S/C10H16ClN3O4S/c1-7-5-18-8(4-15)3-14(7)19(16,17)10-9(11)13(2)6-12-10/h6-8,15H,3-5H2,1-2H3. The van der Waals surface area contributed by atoms with Gasteiger partial charge >= 0.3 is 0 Å². The molecule has 0 radical (unpaired) electrons. The van der Waals surface area contributed by atoms with Gasteiger partial charge in [0.2, 0.25) is 5.03 Å². The molecule has 2 heterocycles. The molecule has 0 aromatic carbocycles. The van der Waals surface area contributed by atoms with E-state index < -0.39 is 16.1 Å². The zero-order valence-corrected chi connectivity index (χ0v) is 12.2. The number of aromatic nitrogens is 2. The average Bonchev–Trinajstić information content (AvgIpc) is 2.71. The Morgan fingerprint density at radius 1 is 1.63 bits per heavy atom. The summed E-state index contributed by atoms with van der Waals surface area (Å²) < 4.78 is 33.1. The number of sulfonamides is 1. The fraction of sp³-hybridized carbons (Fsp3) is 0.700. The summed E-state index contributed by atoms with van der Waals surface area (Å²) in [6.07, 6.45) is 0.831. The topological polar surface area (TPSA) is 84.7 Å². The van der Waals surface area contributed by atoms with Crippen molar-refractivity contribution in [1.29, 1.82) is 0 Å². The molecule has 2 rings (SSSR count). The molecule has 2 atom stereocenters. The predicted octanol–water partition coefficient (Wildman–Crippen LogP) is -0.156. The third-order valence-electron chi connectivity index (χ3n) is 3.04. The van der Waals surface area contributed by atoms with Gasteiger partial charge in [-0.15, -0.1) is 0 Å². The van der Waals surface area contributed by atoms with Crippen molar-refractivity contribution >= 4 is 21.6 Å². The normalized spacial score (nSPS) is 25.7. The monoisotopic (exact) mass is 309 g/mol. The second kappa shape index (κ2) is 5.37. The Bertz CT molecular complexity index is 559. The van der Waals surface area contributed by atoms with Crippen LogP contribution in [0.5, 0.6) is 0 Å². The maximum atomic E-state index is 12.5. The highest BCUT2D eigenvalue weighted by Gasteiger charge is 2.37. The summed E-state index contributed by atoms with van der Waals surface area (Å²) in [5.74, 6) is 0. The molecule has 19 heavy (non-hydrogen) atoms. The highest BCUT2D eigenvalue weighted by Crippen LogP contribution is 2.26. The molecule has 7 nitrogen and oxygen atoms in total. The molecule has 0 saturated carbocycles. The van der Waals surface area contributed by atoms with Crippen LogP contribution in [-0.2, 0) is 21.8 Å². The van der Waals surface area contributed by atoms with Gasteiger partial charge in [0.1, 0.15) is 5.15 Å². The fourth-order valence-electron chi connectivity index (χ4n) is 1.92. The summed E-state index contributed by atoms with van der Waals surface area (Å²) >= 11 is 5.94. The Morgan fingerprint density at radius 2 is 2.32 bits per heavy atom. The lowest BCUT2D eigenvalue weighted by Crippen LogP contribution is -2.51. The molecule has 1 aliphatic heterocycles. The molecule has 1 aliphatic rings. The van der Waals surface area contributed by atoms with Gasteiger partial charge in [-0.05, 0) is 6.92 Å². The molecule has 1 aromatic rings. The first-order chi connectivity index (χ1) is 8.87. The number of nitrogens with zero attached hydrogens (tertiary/aromatic N) is 3. The third kappa shape index (κ3) is 2.63. The Balaban J connectivity index is 2.35. The van der Waals surface area contributed by atoms with Crippen molar-refractivity contribution in [3.05, 3.63) is 11.5 Å². The quantitative estimate of drug-likeness (QED) is 0.839. The third-order valence-corrected chi connectivity index (χ3v) is 5.51. The van der Waals surface area contributed by atoms with E-state index in [2.05, 4.69) is 4.98 Å². The van der Waals surface area contributed by atoms with Crippen LogP contribution >= 0.6 is 11.6 Å². The lowest BCUT2D eigenvalue weighted by molar-refractivity contribution is -0.0516. The van der Waals surface area contributed by atoms with Gasteiger partial charge in [0, 0.05) is 19.6 Å². The van der Waals surface area contributed by atoms with E-state index in [4.69, 9.17) is 21.4 Å². The molecule has 0 aliphatic carbocycles. The largest absolute Gasteiger partial charge is 0.394 e. The number of imidazole rings is 1. The van der Waals surface area contributed by atoms with E-state index >= 15 is 0 Å². The Labute approximate surface area is 116 Å². The smallest absolute Gasteiger partial charge is 0.264 e. The summed E-state index contributed by atoms with van der Waals surface area (Å²) in [7, 11) is -2.17. The van der Waals surface area contributed by atoms with Crippen molar-refractivity contribution < 1.29 is 18.3 Å². The van der Waals surface area contributed by atoms with Gasteiger partial charge < -0.3 is 14.4 Å². The molecular formula is C10H16ClN3O4S. The van der Waals surface area contributed by atoms with Gasteiger partial charge in [-0.2, -0.15) is 4.31 Å². The Hall–Kier alpha value is -0.670.